The number of ether oxygens (including phenoxy) is 1. The zero-order valence-corrected chi connectivity index (χ0v) is 23.9. The number of aliphatic hydroxyl groups is 1. The smallest absolute Gasteiger partial charge is 0.576 e. The summed E-state index contributed by atoms with van der Waals surface area (Å²) >= 11 is 0. The summed E-state index contributed by atoms with van der Waals surface area (Å²) in [7, 11) is 1.15. The molecule has 5 atom stereocenters. The summed E-state index contributed by atoms with van der Waals surface area (Å²) in [6.07, 6.45) is -2.43. The van der Waals surface area contributed by atoms with E-state index < -0.39 is 72.8 Å². The van der Waals surface area contributed by atoms with Gasteiger partial charge in [0.2, 0.25) is 5.60 Å². The minimum atomic E-state index is -3.00. The molecule has 3 N–H and O–H groups in total. The van der Waals surface area contributed by atoms with Crippen molar-refractivity contribution >= 4 is 36.4 Å². The highest BCUT2D eigenvalue weighted by atomic mass is 16.8. The van der Waals surface area contributed by atoms with Crippen LogP contribution in [0.2, 0.25) is 5.82 Å². The topological polar surface area (TPSA) is 171 Å². The lowest BCUT2D eigenvalue weighted by atomic mass is 9.57. The molecule has 224 valence electrons. The molecular weight excluding hydrogens is 547 g/mol. The van der Waals surface area contributed by atoms with E-state index >= 15 is 0 Å². The standard InChI is InChI=1S/C29H35BN2O10/c1-17(2)13-20(30-40-25(36)16-29(42-30,28(38)41-30)15-24(35)39-4)14-23(34)26(18(3)33)32-27(37)22-12-8-11-21(31-22)19-9-6-5-7-10-19/h5-12,17-18,20,26,33,41H,13-16H2,1-4H3,(H,32,37)/t18-,20-,26+,29-,30?/m1/s1. The number of carbonyl (C=O) groups is 5. The van der Waals surface area contributed by atoms with Gasteiger partial charge in [-0.25, -0.2) is 4.98 Å². The number of esters is 1. The van der Waals surface area contributed by atoms with Crippen molar-refractivity contribution in [2.75, 3.05) is 7.11 Å². The largest absolute Gasteiger partial charge is 0.716 e. The minimum absolute atomic E-state index is 0.0462. The predicted molar refractivity (Wildman–Crippen MR) is 150 cm³/mol. The van der Waals surface area contributed by atoms with Gasteiger partial charge >= 0.3 is 18.7 Å². The molecule has 0 aliphatic carbocycles. The average molecular weight is 582 g/mol. The van der Waals surface area contributed by atoms with Gasteiger partial charge in [0, 0.05) is 10.4 Å². The molecule has 0 radical (unpaired) electrons. The second-order valence-corrected chi connectivity index (χ2v) is 11.2. The quantitative estimate of drug-likeness (QED) is 0.214. The molecule has 12 nitrogen and oxygen atoms in total. The van der Waals surface area contributed by atoms with Gasteiger partial charge < -0.3 is 29.1 Å². The van der Waals surface area contributed by atoms with E-state index in [0.717, 1.165) is 12.7 Å². The van der Waals surface area contributed by atoms with Crippen LogP contribution in [-0.4, -0.2) is 76.0 Å². The third-order valence-corrected chi connectivity index (χ3v) is 7.47. The number of fused-ring (bicyclic) bond motifs is 2. The molecule has 2 aliphatic rings. The predicted octanol–water partition coefficient (Wildman–Crippen LogP) is 1.88. The molecule has 3 heterocycles. The third-order valence-electron chi connectivity index (χ3n) is 7.47. The van der Waals surface area contributed by atoms with Gasteiger partial charge in [-0.15, -0.1) is 0 Å². The van der Waals surface area contributed by atoms with Gasteiger partial charge in [0.25, 0.3) is 11.9 Å². The Hall–Kier alpha value is -4.10. The Balaban J connectivity index is 1.56. The van der Waals surface area contributed by atoms with Crippen LogP contribution in [0.1, 0.15) is 56.9 Å². The van der Waals surface area contributed by atoms with Crippen molar-refractivity contribution in [1.82, 2.24) is 10.3 Å². The number of nitrogens with one attached hydrogen (secondary N) is 1. The normalized spacial score (nSPS) is 23.4. The van der Waals surface area contributed by atoms with Gasteiger partial charge in [-0.3, -0.25) is 19.2 Å². The summed E-state index contributed by atoms with van der Waals surface area (Å²) in [5, 5.41) is 13.1. The van der Waals surface area contributed by atoms with Crippen LogP contribution in [0.4, 0.5) is 0 Å². The number of aromatic nitrogens is 1. The van der Waals surface area contributed by atoms with Gasteiger partial charge in [0.05, 0.1) is 31.7 Å². The first-order chi connectivity index (χ1) is 19.9. The van der Waals surface area contributed by atoms with Crippen LogP contribution < -0.4 is 5.32 Å². The number of benzene rings is 1. The minimum Gasteiger partial charge on any atom is -0.716 e. The highest BCUT2D eigenvalue weighted by molar-refractivity contribution is 6.67. The van der Waals surface area contributed by atoms with Crippen molar-refractivity contribution in [2.45, 2.75) is 70.0 Å². The second-order valence-electron chi connectivity index (χ2n) is 11.2. The Morgan fingerprint density at radius 3 is 2.48 bits per heavy atom. The lowest BCUT2D eigenvalue weighted by Crippen LogP contribution is -2.57. The summed E-state index contributed by atoms with van der Waals surface area (Å²) < 4.78 is 20.3. The number of aliphatic carboxylic acids is 1. The molecule has 0 spiro atoms. The molecule has 13 heteroatoms. The van der Waals surface area contributed by atoms with Crippen LogP contribution >= 0.6 is 0 Å². The fourth-order valence-corrected chi connectivity index (χ4v) is 5.51. The number of rotatable bonds is 12. The van der Waals surface area contributed by atoms with E-state index in [2.05, 4.69) is 19.7 Å². The molecule has 1 amide bonds. The van der Waals surface area contributed by atoms with Crippen molar-refractivity contribution in [3.8, 4) is 11.3 Å². The maximum Gasteiger partial charge on any atom is 0.576 e. The maximum atomic E-state index is 13.6. The molecule has 2 bridgehead atoms. The summed E-state index contributed by atoms with van der Waals surface area (Å²) in [6, 6.07) is 12.8. The summed E-state index contributed by atoms with van der Waals surface area (Å²) in [5.74, 6) is -4.59. The van der Waals surface area contributed by atoms with Crippen LogP contribution in [0.5, 0.6) is 0 Å². The van der Waals surface area contributed by atoms with E-state index in [4.69, 9.17) is 9.31 Å². The van der Waals surface area contributed by atoms with E-state index in [9.17, 15) is 29.1 Å². The average Bonchev–Trinajstić information content (AvgIpc) is 3.15. The molecule has 2 saturated heterocycles. The first-order valence-corrected chi connectivity index (χ1v) is 13.8. The number of nitrogens with zero attached hydrogens (tertiary/aromatic N) is 1. The summed E-state index contributed by atoms with van der Waals surface area (Å²) in [5.41, 5.74) is -0.465. The van der Waals surface area contributed by atoms with Crippen LogP contribution in [0.15, 0.2) is 48.5 Å². The fraction of sp³-hybridized carbons (Fsp3) is 0.448. The van der Waals surface area contributed by atoms with E-state index in [-0.39, 0.29) is 24.5 Å². The van der Waals surface area contributed by atoms with Gasteiger partial charge in [0.15, 0.2) is 5.78 Å². The Kier molecular flexibility index (Phi) is 9.12. The SMILES string of the molecule is COC(=O)C[C@]12CC(=O)O[B-]([C@@H](CC(=O)[C@@H](NC(=O)c3cccc(-c4ccccc4)n3)[C@@H](C)O)CC(C)C)(O1)[OH+]C2=O. The molecule has 2 aliphatic heterocycles. The molecule has 42 heavy (non-hydrogen) atoms. The molecule has 2 fully saturated rings. The van der Waals surface area contributed by atoms with Gasteiger partial charge in [-0.2, -0.15) is 0 Å². The number of methoxy groups -OCH3 is 1. The van der Waals surface area contributed by atoms with Crippen LogP contribution in [0, 0.1) is 5.92 Å². The van der Waals surface area contributed by atoms with Crippen molar-refractivity contribution < 1.29 is 47.8 Å². The van der Waals surface area contributed by atoms with Crippen molar-refractivity contribution in [3.63, 3.8) is 0 Å². The molecule has 1 aromatic carbocycles. The zero-order valence-electron chi connectivity index (χ0n) is 23.9. The van der Waals surface area contributed by atoms with Crippen LogP contribution in [0.3, 0.4) is 0 Å². The number of aliphatic hydroxyl groups excluding tert-OH is 1. The van der Waals surface area contributed by atoms with Gasteiger partial charge in [-0.1, -0.05) is 56.7 Å². The number of carboxylic acids is 1. The molecule has 4 rings (SSSR count). The monoisotopic (exact) mass is 582 g/mol. The Morgan fingerprint density at radius 2 is 1.83 bits per heavy atom. The Labute approximate surface area is 243 Å². The molecule has 0 saturated carbocycles. The van der Waals surface area contributed by atoms with Crippen molar-refractivity contribution in [1.29, 1.82) is 0 Å². The number of hydrogen-bond donors (Lipinski definition) is 2. The summed E-state index contributed by atoms with van der Waals surface area (Å²) in [6.45, 7) is 2.09. The Bertz CT molecular complexity index is 1370. The van der Waals surface area contributed by atoms with E-state index in [1.54, 1.807) is 12.1 Å². The summed E-state index contributed by atoms with van der Waals surface area (Å²) in [4.78, 5) is 68.9. The third kappa shape index (κ3) is 6.52. The number of ketones is 1. The van der Waals surface area contributed by atoms with Crippen LogP contribution in [0.25, 0.3) is 11.3 Å². The zero-order chi connectivity index (χ0) is 30.7. The maximum absolute atomic E-state index is 13.6. The second kappa shape index (κ2) is 12.4. The molecule has 2 aromatic rings. The van der Waals surface area contributed by atoms with Gasteiger partial charge in [0.1, 0.15) is 11.7 Å². The lowest BCUT2D eigenvalue weighted by Gasteiger charge is -2.43. The number of amides is 1. The number of Topliss-reactive ketones (excluding diaryl/α,β-unsaturated/α-hetero) is 1. The van der Waals surface area contributed by atoms with Crippen molar-refractivity contribution in [3.05, 3.63) is 54.2 Å². The first-order valence-electron chi connectivity index (χ1n) is 13.8. The molecule has 1 unspecified atom stereocenters. The molecular formula is C29H35BN2O10. The van der Waals surface area contributed by atoms with Gasteiger partial charge in [-0.05, 0) is 37.2 Å². The number of hydrogen-bond acceptors (Lipinski definition) is 10. The Morgan fingerprint density at radius 1 is 1.12 bits per heavy atom. The van der Waals surface area contributed by atoms with Crippen LogP contribution in [-0.2, 0) is 33.2 Å². The first kappa shape index (κ1) is 30.9. The lowest BCUT2D eigenvalue weighted by molar-refractivity contribution is -0.163. The highest BCUT2D eigenvalue weighted by Gasteiger charge is 2.69. The highest BCUT2D eigenvalue weighted by Crippen LogP contribution is 2.47. The fourth-order valence-electron chi connectivity index (χ4n) is 5.51. The van der Waals surface area contributed by atoms with E-state index in [1.807, 2.05) is 44.2 Å². The van der Waals surface area contributed by atoms with Crippen molar-refractivity contribution in [2.24, 2.45) is 5.92 Å². The van der Waals surface area contributed by atoms with E-state index in [0.29, 0.717) is 5.69 Å². The number of carbonyl (C=O) groups excluding carboxylic acids is 4. The number of pyridine rings is 1. The van der Waals surface area contributed by atoms with E-state index in [1.165, 1.54) is 13.0 Å². The molecule has 1 aromatic heterocycles.